The molecule has 1 saturated carbocycles. The van der Waals surface area contributed by atoms with E-state index in [1.54, 1.807) is 38.1 Å². The lowest BCUT2D eigenvalue weighted by Gasteiger charge is -2.26. The SMILES string of the molecule is CC(C)(C)COc1cc(C2(NS(=O)(=O)CC/C=C/CN3C(=O)NC(=O)C3(C)C)CC2)ccc1F. The van der Waals surface area contributed by atoms with Gasteiger partial charge in [0.1, 0.15) is 5.54 Å². The topological polar surface area (TPSA) is 105 Å². The number of benzene rings is 1. The van der Waals surface area contributed by atoms with E-state index in [0.717, 1.165) is 0 Å². The molecule has 0 spiro atoms. The Bertz CT molecular complexity index is 1090. The maximum absolute atomic E-state index is 14.2. The molecule has 1 aliphatic heterocycles. The highest BCUT2D eigenvalue weighted by Gasteiger charge is 2.47. The average Bonchev–Trinajstić information content (AvgIpc) is 3.44. The first-order chi connectivity index (χ1) is 15.7. The van der Waals surface area contributed by atoms with Crippen molar-refractivity contribution in [3.63, 3.8) is 0 Å². The molecule has 34 heavy (non-hydrogen) atoms. The molecule has 2 aliphatic rings. The highest BCUT2D eigenvalue weighted by Crippen LogP contribution is 2.47. The van der Waals surface area contributed by atoms with Crippen molar-refractivity contribution in [1.29, 1.82) is 0 Å². The zero-order valence-corrected chi connectivity index (χ0v) is 21.2. The lowest BCUT2D eigenvalue weighted by Crippen LogP contribution is -2.44. The number of allylic oxidation sites excluding steroid dienone is 1. The van der Waals surface area contributed by atoms with Crippen molar-refractivity contribution in [2.24, 2.45) is 5.41 Å². The van der Waals surface area contributed by atoms with Crippen LogP contribution in [0.25, 0.3) is 0 Å². The summed E-state index contributed by atoms with van der Waals surface area (Å²) in [7, 11) is -3.61. The lowest BCUT2D eigenvalue weighted by atomic mass is 9.98. The highest BCUT2D eigenvalue weighted by atomic mass is 32.2. The standard InChI is InChI=1S/C24H34FN3O5S/c1-22(2,3)16-33-19-15-17(9-10-18(19)25)24(11-12-24)27-34(31,32)14-8-6-7-13-28-21(30)26-20(29)23(28,4)5/h6-7,9-10,15,27H,8,11-14,16H2,1-5H3,(H,26,29,30)/b7-6+. The average molecular weight is 496 g/mol. The third-order valence-electron chi connectivity index (χ3n) is 5.95. The van der Waals surface area contributed by atoms with Gasteiger partial charge in [0.2, 0.25) is 10.0 Å². The smallest absolute Gasteiger partial charge is 0.325 e. The number of sulfonamides is 1. The van der Waals surface area contributed by atoms with Gasteiger partial charge in [-0.1, -0.05) is 39.0 Å². The Morgan fingerprint density at radius 3 is 2.44 bits per heavy atom. The monoisotopic (exact) mass is 495 g/mol. The van der Waals surface area contributed by atoms with Crippen LogP contribution in [-0.4, -0.2) is 49.7 Å². The molecule has 0 aromatic heterocycles. The molecule has 1 aromatic carbocycles. The van der Waals surface area contributed by atoms with Gasteiger partial charge in [-0.2, -0.15) is 0 Å². The van der Waals surface area contributed by atoms with Gasteiger partial charge in [0, 0.05) is 6.54 Å². The second kappa shape index (κ2) is 9.30. The van der Waals surface area contributed by atoms with Crippen molar-refractivity contribution in [3.05, 3.63) is 41.7 Å². The largest absolute Gasteiger partial charge is 0.490 e. The molecular formula is C24H34FN3O5S. The predicted molar refractivity (Wildman–Crippen MR) is 127 cm³/mol. The van der Waals surface area contributed by atoms with Gasteiger partial charge in [-0.3, -0.25) is 10.1 Å². The molecule has 1 aliphatic carbocycles. The number of imide groups is 1. The molecule has 0 radical (unpaired) electrons. The minimum atomic E-state index is -3.61. The van der Waals surface area contributed by atoms with Gasteiger partial charge >= 0.3 is 6.03 Å². The summed E-state index contributed by atoms with van der Waals surface area (Å²) in [6, 6.07) is 4.03. The Kier molecular flexibility index (Phi) is 7.15. The van der Waals surface area contributed by atoms with Gasteiger partial charge in [0.15, 0.2) is 11.6 Å². The van der Waals surface area contributed by atoms with Crippen LogP contribution in [-0.2, 0) is 20.4 Å². The highest BCUT2D eigenvalue weighted by molar-refractivity contribution is 7.89. The van der Waals surface area contributed by atoms with Crippen LogP contribution in [0.2, 0.25) is 0 Å². The van der Waals surface area contributed by atoms with E-state index in [2.05, 4.69) is 10.0 Å². The van der Waals surface area contributed by atoms with Crippen LogP contribution in [0.15, 0.2) is 30.4 Å². The van der Waals surface area contributed by atoms with Gasteiger partial charge in [-0.05, 0) is 56.2 Å². The summed E-state index contributed by atoms with van der Waals surface area (Å²) in [5.74, 6) is -0.851. The Balaban J connectivity index is 1.57. The molecule has 188 valence electrons. The fraction of sp³-hybridized carbons (Fsp3) is 0.583. The van der Waals surface area contributed by atoms with Crippen LogP contribution in [0.1, 0.15) is 59.4 Å². The Morgan fingerprint density at radius 2 is 1.88 bits per heavy atom. The van der Waals surface area contributed by atoms with Gasteiger partial charge < -0.3 is 9.64 Å². The molecule has 0 unspecified atom stereocenters. The molecule has 2 fully saturated rings. The first-order valence-electron chi connectivity index (χ1n) is 11.4. The fourth-order valence-electron chi connectivity index (χ4n) is 3.66. The number of hydrogen-bond acceptors (Lipinski definition) is 5. The van der Waals surface area contributed by atoms with E-state index >= 15 is 0 Å². The van der Waals surface area contributed by atoms with E-state index in [-0.39, 0.29) is 35.8 Å². The van der Waals surface area contributed by atoms with E-state index in [0.29, 0.717) is 25.0 Å². The van der Waals surface area contributed by atoms with Gasteiger partial charge in [-0.25, -0.2) is 22.3 Å². The molecular weight excluding hydrogens is 461 g/mol. The Labute approximate surface area is 201 Å². The summed E-state index contributed by atoms with van der Waals surface area (Å²) in [5, 5.41) is 2.27. The van der Waals surface area contributed by atoms with Crippen LogP contribution in [0.4, 0.5) is 9.18 Å². The quantitative estimate of drug-likeness (QED) is 0.382. The van der Waals surface area contributed by atoms with E-state index in [1.807, 2.05) is 20.8 Å². The van der Waals surface area contributed by atoms with E-state index < -0.39 is 32.9 Å². The molecule has 3 rings (SSSR count). The van der Waals surface area contributed by atoms with Crippen molar-refractivity contribution < 1.29 is 27.1 Å². The summed E-state index contributed by atoms with van der Waals surface area (Å²) < 4.78 is 48.1. The van der Waals surface area contributed by atoms with Crippen LogP contribution in [0.5, 0.6) is 5.75 Å². The molecule has 1 saturated heterocycles. The lowest BCUT2D eigenvalue weighted by molar-refractivity contribution is -0.124. The fourth-order valence-corrected chi connectivity index (χ4v) is 5.12. The Hall–Kier alpha value is -2.46. The van der Waals surface area contributed by atoms with Crippen molar-refractivity contribution >= 4 is 22.0 Å². The molecule has 0 bridgehead atoms. The number of ether oxygens (including phenoxy) is 1. The van der Waals surface area contributed by atoms with Gasteiger partial charge in [0.05, 0.1) is 17.9 Å². The summed E-state index contributed by atoms with van der Waals surface area (Å²) in [6.07, 6.45) is 4.86. The minimum absolute atomic E-state index is 0.119. The maximum atomic E-state index is 14.2. The number of hydrogen-bond donors (Lipinski definition) is 2. The molecule has 1 aromatic rings. The van der Waals surface area contributed by atoms with Crippen molar-refractivity contribution in [1.82, 2.24) is 14.9 Å². The number of rotatable bonds is 10. The minimum Gasteiger partial charge on any atom is -0.490 e. The zero-order valence-electron chi connectivity index (χ0n) is 20.4. The third kappa shape index (κ3) is 6.15. The van der Waals surface area contributed by atoms with Crippen LogP contribution in [0, 0.1) is 11.2 Å². The van der Waals surface area contributed by atoms with Crippen molar-refractivity contribution in [3.8, 4) is 5.75 Å². The predicted octanol–water partition coefficient (Wildman–Crippen LogP) is 3.44. The van der Waals surface area contributed by atoms with Crippen LogP contribution in [0.3, 0.4) is 0 Å². The van der Waals surface area contributed by atoms with Crippen molar-refractivity contribution in [2.45, 2.75) is 65.0 Å². The number of carbonyl (C=O) groups excluding carboxylic acids is 2. The number of nitrogens with zero attached hydrogens (tertiary/aromatic N) is 1. The van der Waals surface area contributed by atoms with Gasteiger partial charge in [0.25, 0.3) is 5.91 Å². The molecule has 10 heteroatoms. The van der Waals surface area contributed by atoms with Crippen molar-refractivity contribution in [2.75, 3.05) is 18.9 Å². The number of amides is 3. The molecule has 0 atom stereocenters. The molecule has 3 amide bonds. The summed E-state index contributed by atoms with van der Waals surface area (Å²) in [4.78, 5) is 25.1. The van der Waals surface area contributed by atoms with E-state index in [4.69, 9.17) is 4.74 Å². The molecule has 1 heterocycles. The second-order valence-electron chi connectivity index (χ2n) is 10.7. The first kappa shape index (κ1) is 26.2. The Morgan fingerprint density at radius 1 is 1.21 bits per heavy atom. The molecule has 8 nitrogen and oxygen atoms in total. The summed E-state index contributed by atoms with van der Waals surface area (Å²) in [6.45, 7) is 9.80. The molecule has 2 N–H and O–H groups in total. The van der Waals surface area contributed by atoms with E-state index in [9.17, 15) is 22.4 Å². The summed E-state index contributed by atoms with van der Waals surface area (Å²) in [5.41, 5.74) is -1.14. The number of carbonyl (C=O) groups is 2. The maximum Gasteiger partial charge on any atom is 0.325 e. The second-order valence-corrected chi connectivity index (χ2v) is 12.5. The van der Waals surface area contributed by atoms with Crippen LogP contribution >= 0.6 is 0 Å². The normalized spacial score (nSPS) is 19.5. The first-order valence-corrected chi connectivity index (χ1v) is 13.0. The van der Waals surface area contributed by atoms with Gasteiger partial charge in [-0.15, -0.1) is 0 Å². The third-order valence-corrected chi connectivity index (χ3v) is 7.42. The van der Waals surface area contributed by atoms with E-state index in [1.165, 1.54) is 11.0 Å². The number of halogens is 1. The zero-order chi connectivity index (χ0) is 25.4. The van der Waals surface area contributed by atoms with Crippen LogP contribution < -0.4 is 14.8 Å². The number of nitrogens with one attached hydrogen (secondary N) is 2. The number of urea groups is 1. The summed E-state index contributed by atoms with van der Waals surface area (Å²) >= 11 is 0.